The third-order valence-electron chi connectivity index (χ3n) is 13.6. The molecular formula is C79H146O11Ti2. The van der Waals surface area contributed by atoms with Crippen LogP contribution < -0.4 is 0 Å². The van der Waals surface area contributed by atoms with Gasteiger partial charge in [-0.05, 0) is 161 Å². The third kappa shape index (κ3) is 41.4. The fraction of sp³-hybridized carbons (Fsp3) is 0.696. The van der Waals surface area contributed by atoms with Crippen LogP contribution in [0.1, 0.15) is 333 Å². The van der Waals surface area contributed by atoms with E-state index in [9.17, 15) is 20.4 Å². The number of hydrogen-bond acceptors (Lipinski definition) is 9. The maximum atomic E-state index is 11.1. The van der Waals surface area contributed by atoms with Crippen LogP contribution in [0.5, 0.6) is 23.0 Å². The van der Waals surface area contributed by atoms with Gasteiger partial charge in [-0.2, -0.15) is 0 Å². The summed E-state index contributed by atoms with van der Waals surface area (Å²) < 4.78 is 5.13. The smallest absolute Gasteiger partial charge is 0.123 e. The Balaban J connectivity index is -0.000000179. The normalized spacial score (nSPS) is 11.3. The number of aromatic hydroxyl groups is 4. The molecule has 0 aliphatic heterocycles. The van der Waals surface area contributed by atoms with Crippen molar-refractivity contribution in [2.24, 2.45) is 0 Å². The summed E-state index contributed by atoms with van der Waals surface area (Å²) in [5.41, 5.74) is 11.5. The summed E-state index contributed by atoms with van der Waals surface area (Å²) in [4.78, 5) is 0. The zero-order valence-corrected chi connectivity index (χ0v) is 68.3. The molecule has 12 N–H and O–H groups in total. The molecule has 4 rings (SSSR count). The summed E-state index contributed by atoms with van der Waals surface area (Å²) >= 11 is 0. The van der Waals surface area contributed by atoms with Gasteiger partial charge < -0.3 is 56.5 Å². The molecule has 92 heavy (non-hydrogen) atoms. The molecule has 0 aliphatic rings. The largest absolute Gasteiger partial charge is 0.507 e. The Kier molecular flexibility index (Phi) is 55.9. The van der Waals surface area contributed by atoms with Crippen LogP contribution in [0.15, 0.2) is 48.5 Å². The predicted molar refractivity (Wildman–Crippen MR) is 392 cm³/mol. The van der Waals surface area contributed by atoms with E-state index in [1.165, 1.54) is 28.7 Å². The van der Waals surface area contributed by atoms with Crippen molar-refractivity contribution in [1.82, 2.24) is 0 Å². The first-order valence-corrected chi connectivity index (χ1v) is 33.4. The van der Waals surface area contributed by atoms with Gasteiger partial charge in [-0.15, -0.1) is 0 Å². The number of phenols is 4. The van der Waals surface area contributed by atoms with Crippen LogP contribution >= 0.6 is 0 Å². The summed E-state index contributed by atoms with van der Waals surface area (Å²) in [5, 5.41) is 75.7. The van der Waals surface area contributed by atoms with Gasteiger partial charge in [-0.25, -0.2) is 0 Å². The minimum absolute atomic E-state index is 0. The molecule has 13 heteroatoms. The second kappa shape index (κ2) is 48.8. The number of ether oxygens (including phenoxy) is 1. The predicted octanol–water partition coefficient (Wildman–Crippen LogP) is 18.9. The van der Waals surface area contributed by atoms with Crippen molar-refractivity contribution >= 4 is 0 Å². The monoisotopic (exact) mass is 1370 g/mol. The summed E-state index contributed by atoms with van der Waals surface area (Å²) in [6, 6.07) is 17.3. The van der Waals surface area contributed by atoms with Gasteiger partial charge in [-0.3, -0.25) is 0 Å². The molecule has 0 saturated heterocycles. The minimum Gasteiger partial charge on any atom is -0.507 e. The van der Waals surface area contributed by atoms with E-state index < -0.39 is 0 Å². The van der Waals surface area contributed by atoms with Gasteiger partial charge in [0.15, 0.2) is 0 Å². The molecule has 0 aromatic heterocycles. The topological polar surface area (TPSA) is 234 Å². The molecular weight excluding hydrogens is 1220 g/mol. The maximum Gasteiger partial charge on any atom is 0.123 e. The van der Waals surface area contributed by atoms with Gasteiger partial charge in [0.05, 0.1) is 0 Å². The van der Waals surface area contributed by atoms with Crippen molar-refractivity contribution in [2.75, 3.05) is 39.6 Å². The van der Waals surface area contributed by atoms with E-state index in [1.807, 2.05) is 27.7 Å². The minimum atomic E-state index is -0.151. The number of aliphatic hydroxyl groups is 4. The van der Waals surface area contributed by atoms with Gasteiger partial charge in [-0.1, -0.05) is 277 Å². The Morgan fingerprint density at radius 2 is 0.370 bits per heavy atom. The molecule has 0 heterocycles. The Morgan fingerprint density at radius 3 is 0.446 bits per heavy atom. The van der Waals surface area contributed by atoms with Crippen LogP contribution in [-0.4, -0.2) is 91.4 Å². The van der Waals surface area contributed by atoms with Gasteiger partial charge in [0.25, 0.3) is 0 Å². The second-order valence-electron chi connectivity index (χ2n) is 31.7. The number of hydrogen-bond donors (Lipinski definition) is 8. The van der Waals surface area contributed by atoms with Crippen molar-refractivity contribution < 1.29 is 100.0 Å². The number of rotatable bonds is 12. The fourth-order valence-electron chi connectivity index (χ4n) is 8.62. The van der Waals surface area contributed by atoms with Gasteiger partial charge >= 0.3 is 0 Å². The van der Waals surface area contributed by atoms with Crippen LogP contribution in [0.4, 0.5) is 0 Å². The van der Waals surface area contributed by atoms with E-state index in [4.69, 9.17) is 25.2 Å². The van der Waals surface area contributed by atoms with Crippen molar-refractivity contribution in [2.45, 2.75) is 323 Å². The summed E-state index contributed by atoms with van der Waals surface area (Å²) in [6.07, 6.45) is 8.55. The summed E-state index contributed by atoms with van der Waals surface area (Å²) in [5.74, 6) is 1.67. The molecule has 0 saturated carbocycles. The van der Waals surface area contributed by atoms with E-state index in [2.05, 4.69) is 242 Å². The first-order valence-electron chi connectivity index (χ1n) is 33.4. The van der Waals surface area contributed by atoms with Gasteiger partial charge in [0, 0.05) is 83.1 Å². The number of aliphatic hydroxyl groups excluding tert-OH is 4. The van der Waals surface area contributed by atoms with Gasteiger partial charge in [0.2, 0.25) is 0 Å². The van der Waals surface area contributed by atoms with E-state index in [0.29, 0.717) is 49.4 Å². The molecule has 536 valence electrons. The standard InChI is InChI=1S/2C29H44O2.C6H14O.4C3H8O.C3H8.2H2O.2Ti/c2*1-26(2,3)20-14-18(15-21(24(20)30)27(4,5)6)13-19-16-22(28(7,8)9)25(31)23(17-19)29(10,11)12;1-3-5-7-6-4-2;4*1-2-3-4;1-3-2;;;;/h2*14-17,30-31H,13H2,1-12H3;3-6H2,1-2H3;4*4H,2-3H2,1H3;3H2,1-2H3;2*1H2;;. The second-order valence-corrected chi connectivity index (χ2v) is 31.7. The van der Waals surface area contributed by atoms with Crippen LogP contribution in [0, 0.1) is 0 Å². The zero-order valence-electron chi connectivity index (χ0n) is 65.2. The van der Waals surface area contributed by atoms with Crippen molar-refractivity contribution in [3.63, 3.8) is 0 Å². The summed E-state index contributed by atoms with van der Waals surface area (Å²) in [7, 11) is 0. The van der Waals surface area contributed by atoms with Gasteiger partial charge in [0.1, 0.15) is 23.0 Å². The average Bonchev–Trinajstić information content (AvgIpc) is 3.38. The molecule has 11 nitrogen and oxygen atoms in total. The summed E-state index contributed by atoms with van der Waals surface area (Å²) in [6.45, 7) is 70.9. The quantitative estimate of drug-likeness (QED) is 0.0497. The Morgan fingerprint density at radius 1 is 0.261 bits per heavy atom. The van der Waals surface area contributed by atoms with E-state index >= 15 is 0 Å². The van der Waals surface area contributed by atoms with Crippen LogP contribution in [0.2, 0.25) is 0 Å². The first kappa shape index (κ1) is 105. The van der Waals surface area contributed by atoms with Crippen LogP contribution in [0.25, 0.3) is 0 Å². The SMILES string of the molecule is CC(C)(C)c1cc(Cc2cc(C(C)(C)C)c(O)c(C(C)(C)C)c2)cc(C(C)(C)C)c1O.CC(C)(C)c1cc(Cc2cc(C(C)(C)C)c(O)c(C(C)(C)C)c2)cc(C(C)(C)C)c1O.CCC.CCCO.CCCO.CCCO.CCCO.CCCOCCC.O.O.[Ti].[Ti]. The van der Waals surface area contributed by atoms with Crippen molar-refractivity contribution in [3.05, 3.63) is 115 Å². The Bertz CT molecular complexity index is 2030. The Labute approximate surface area is 596 Å². The Hall–Kier alpha value is -2.77. The first-order chi connectivity index (χ1) is 39.9. The molecule has 0 atom stereocenters. The average molecular weight is 1370 g/mol. The molecule has 0 radical (unpaired) electrons. The molecule has 0 aliphatic carbocycles. The van der Waals surface area contributed by atoms with Crippen molar-refractivity contribution in [1.29, 1.82) is 0 Å². The molecule has 4 aromatic carbocycles. The maximum absolute atomic E-state index is 11.1. The molecule has 0 spiro atoms. The molecule has 0 bridgehead atoms. The van der Waals surface area contributed by atoms with E-state index in [-0.39, 0.29) is 97.7 Å². The van der Waals surface area contributed by atoms with Crippen LogP contribution in [-0.2, 0) is 104 Å². The molecule has 4 aromatic rings. The molecule has 0 amide bonds. The number of benzene rings is 4. The zero-order chi connectivity index (χ0) is 70.2. The van der Waals surface area contributed by atoms with E-state index in [0.717, 1.165) is 109 Å². The van der Waals surface area contributed by atoms with E-state index in [1.54, 1.807) is 0 Å². The number of phenolic OH excluding ortho intramolecular Hbond substituents is 4. The third-order valence-corrected chi connectivity index (χ3v) is 13.6. The van der Waals surface area contributed by atoms with Crippen LogP contribution in [0.3, 0.4) is 0 Å². The molecule has 0 fully saturated rings. The fourth-order valence-corrected chi connectivity index (χ4v) is 8.62. The van der Waals surface area contributed by atoms with Crippen molar-refractivity contribution in [3.8, 4) is 23.0 Å². The molecule has 0 unspecified atom stereocenters.